The fourth-order valence-electron chi connectivity index (χ4n) is 2.24. The summed E-state index contributed by atoms with van der Waals surface area (Å²) < 4.78 is 63.9. The standard InChI is InChI=1S/C16H16F5N3O2S/c17-11-3-2-10(6-12(11)18)13-8-27-15(22-13)23-14(26)7-24(4-1-5-25)9-16(19,20)21/h2-3,6,8,25H,1,4-5,7,9H2,(H,22,23,26). The van der Waals surface area contributed by atoms with Gasteiger partial charge >= 0.3 is 6.18 Å². The summed E-state index contributed by atoms with van der Waals surface area (Å²) in [4.78, 5) is 16.9. The van der Waals surface area contributed by atoms with Gasteiger partial charge in [0.1, 0.15) is 0 Å². The zero-order valence-corrected chi connectivity index (χ0v) is 14.7. The first-order valence-corrected chi connectivity index (χ1v) is 8.66. The first-order valence-electron chi connectivity index (χ1n) is 7.78. The zero-order chi connectivity index (χ0) is 20.0. The molecule has 2 rings (SSSR count). The molecule has 0 bridgehead atoms. The van der Waals surface area contributed by atoms with Crippen LogP contribution in [-0.4, -0.2) is 53.3 Å². The van der Waals surface area contributed by atoms with Crippen LogP contribution in [0.5, 0.6) is 0 Å². The van der Waals surface area contributed by atoms with E-state index in [1.165, 1.54) is 11.4 Å². The SMILES string of the molecule is O=C(CN(CCCO)CC(F)(F)F)Nc1nc(-c2ccc(F)c(F)c2)cs1. The number of aliphatic hydroxyl groups excluding tert-OH is 1. The molecule has 11 heteroatoms. The van der Waals surface area contributed by atoms with Crippen LogP contribution in [0.2, 0.25) is 0 Å². The summed E-state index contributed by atoms with van der Waals surface area (Å²) in [6.07, 6.45) is -4.38. The largest absolute Gasteiger partial charge is 0.401 e. The van der Waals surface area contributed by atoms with E-state index in [9.17, 15) is 26.7 Å². The Morgan fingerprint density at radius 2 is 2.00 bits per heavy atom. The maximum Gasteiger partial charge on any atom is 0.401 e. The van der Waals surface area contributed by atoms with Crippen molar-refractivity contribution in [2.24, 2.45) is 0 Å². The molecule has 0 fully saturated rings. The average molecular weight is 409 g/mol. The van der Waals surface area contributed by atoms with Gasteiger partial charge in [-0.05, 0) is 24.6 Å². The highest BCUT2D eigenvalue weighted by Gasteiger charge is 2.31. The van der Waals surface area contributed by atoms with Gasteiger partial charge in [0.2, 0.25) is 5.91 Å². The number of benzene rings is 1. The summed E-state index contributed by atoms with van der Waals surface area (Å²) in [5, 5.41) is 12.8. The molecular formula is C16H16F5N3O2S. The van der Waals surface area contributed by atoms with Crippen molar-refractivity contribution in [3.05, 3.63) is 35.2 Å². The number of hydrogen-bond acceptors (Lipinski definition) is 5. The number of anilines is 1. The highest BCUT2D eigenvalue weighted by molar-refractivity contribution is 7.14. The smallest absolute Gasteiger partial charge is 0.396 e. The lowest BCUT2D eigenvalue weighted by Gasteiger charge is -2.22. The monoisotopic (exact) mass is 409 g/mol. The highest BCUT2D eigenvalue weighted by Crippen LogP contribution is 2.26. The van der Waals surface area contributed by atoms with Crippen LogP contribution in [0.25, 0.3) is 11.3 Å². The minimum absolute atomic E-state index is 0.0958. The van der Waals surface area contributed by atoms with Gasteiger partial charge in [-0.3, -0.25) is 9.69 Å². The molecule has 1 heterocycles. The van der Waals surface area contributed by atoms with Crippen LogP contribution < -0.4 is 5.32 Å². The number of carbonyl (C=O) groups excluding carboxylic acids is 1. The summed E-state index contributed by atoms with van der Waals surface area (Å²) in [6, 6.07) is 3.22. The average Bonchev–Trinajstić information content (AvgIpc) is 3.02. The molecule has 2 aromatic rings. The number of aromatic nitrogens is 1. The number of hydrogen-bond donors (Lipinski definition) is 2. The Morgan fingerprint density at radius 3 is 2.63 bits per heavy atom. The minimum atomic E-state index is -4.48. The van der Waals surface area contributed by atoms with Crippen LogP contribution in [0.1, 0.15) is 6.42 Å². The number of halogens is 5. The molecule has 0 saturated carbocycles. The molecule has 0 atom stereocenters. The van der Waals surface area contributed by atoms with Gasteiger partial charge in [0.15, 0.2) is 16.8 Å². The first-order chi connectivity index (χ1) is 12.7. The fourth-order valence-corrected chi connectivity index (χ4v) is 2.98. The van der Waals surface area contributed by atoms with Crippen molar-refractivity contribution < 1.29 is 31.9 Å². The Balaban J connectivity index is 2.00. The van der Waals surface area contributed by atoms with Crippen molar-refractivity contribution in [1.29, 1.82) is 0 Å². The van der Waals surface area contributed by atoms with Gasteiger partial charge in [0.25, 0.3) is 0 Å². The van der Waals surface area contributed by atoms with Crippen LogP contribution >= 0.6 is 11.3 Å². The van der Waals surface area contributed by atoms with Crippen molar-refractivity contribution >= 4 is 22.4 Å². The van der Waals surface area contributed by atoms with Gasteiger partial charge in [-0.1, -0.05) is 0 Å². The maximum absolute atomic E-state index is 13.3. The molecule has 0 aliphatic carbocycles. The quantitative estimate of drug-likeness (QED) is 0.657. The number of aliphatic hydroxyl groups is 1. The van der Waals surface area contributed by atoms with E-state index in [1.54, 1.807) is 0 Å². The third kappa shape index (κ3) is 6.85. The topological polar surface area (TPSA) is 65.5 Å². The van der Waals surface area contributed by atoms with Crippen molar-refractivity contribution in [2.45, 2.75) is 12.6 Å². The van der Waals surface area contributed by atoms with Crippen molar-refractivity contribution in [1.82, 2.24) is 9.88 Å². The number of rotatable bonds is 8. The first kappa shape index (κ1) is 21.2. The van der Waals surface area contributed by atoms with Gasteiger partial charge in [-0.2, -0.15) is 13.2 Å². The molecule has 0 saturated heterocycles. The van der Waals surface area contributed by atoms with Gasteiger partial charge in [0, 0.05) is 24.1 Å². The Bertz CT molecular complexity index is 782. The Hall–Kier alpha value is -2.11. The van der Waals surface area contributed by atoms with Crippen molar-refractivity contribution in [2.75, 3.05) is 31.6 Å². The molecule has 0 unspecified atom stereocenters. The van der Waals surface area contributed by atoms with E-state index in [4.69, 9.17) is 5.11 Å². The van der Waals surface area contributed by atoms with Gasteiger partial charge in [0.05, 0.1) is 18.8 Å². The van der Waals surface area contributed by atoms with Crippen LogP contribution in [0.3, 0.4) is 0 Å². The molecule has 1 amide bonds. The lowest BCUT2D eigenvalue weighted by Crippen LogP contribution is -2.40. The second-order valence-electron chi connectivity index (χ2n) is 5.62. The van der Waals surface area contributed by atoms with E-state index >= 15 is 0 Å². The molecule has 1 aromatic carbocycles. The molecule has 1 aromatic heterocycles. The van der Waals surface area contributed by atoms with E-state index in [0.29, 0.717) is 11.3 Å². The highest BCUT2D eigenvalue weighted by atomic mass is 32.1. The molecule has 27 heavy (non-hydrogen) atoms. The summed E-state index contributed by atoms with van der Waals surface area (Å²) in [6.45, 7) is -2.19. The summed E-state index contributed by atoms with van der Waals surface area (Å²) in [5.74, 6) is -2.75. The second-order valence-corrected chi connectivity index (χ2v) is 6.48. The molecule has 0 spiro atoms. The van der Waals surface area contributed by atoms with Crippen LogP contribution in [0.4, 0.5) is 27.1 Å². The number of carbonyl (C=O) groups is 1. The van der Waals surface area contributed by atoms with Crippen LogP contribution in [-0.2, 0) is 4.79 Å². The lowest BCUT2D eigenvalue weighted by molar-refractivity contribution is -0.148. The van der Waals surface area contributed by atoms with E-state index in [2.05, 4.69) is 10.3 Å². The van der Waals surface area contributed by atoms with E-state index < -0.39 is 36.8 Å². The molecule has 2 N–H and O–H groups in total. The third-order valence-electron chi connectivity index (χ3n) is 3.37. The van der Waals surface area contributed by atoms with Gasteiger partial charge in [-0.15, -0.1) is 11.3 Å². The van der Waals surface area contributed by atoms with E-state index in [1.807, 2.05) is 0 Å². The lowest BCUT2D eigenvalue weighted by atomic mass is 10.2. The summed E-state index contributed by atoms with van der Waals surface area (Å²) in [7, 11) is 0. The third-order valence-corrected chi connectivity index (χ3v) is 4.13. The predicted molar refractivity (Wildman–Crippen MR) is 90.3 cm³/mol. The normalized spacial score (nSPS) is 11.8. The molecule has 5 nitrogen and oxygen atoms in total. The van der Waals surface area contributed by atoms with E-state index in [0.717, 1.165) is 28.4 Å². The molecule has 0 aliphatic heterocycles. The summed E-state index contributed by atoms with van der Waals surface area (Å²) >= 11 is 1.00. The number of alkyl halides is 3. The Kier molecular flexibility index (Phi) is 7.22. The Morgan fingerprint density at radius 1 is 1.26 bits per heavy atom. The van der Waals surface area contributed by atoms with Crippen LogP contribution in [0.15, 0.2) is 23.6 Å². The number of nitrogens with one attached hydrogen (secondary N) is 1. The fraction of sp³-hybridized carbons (Fsp3) is 0.375. The molecule has 0 radical (unpaired) electrons. The number of amides is 1. The maximum atomic E-state index is 13.3. The minimum Gasteiger partial charge on any atom is -0.396 e. The summed E-state index contributed by atoms with van der Waals surface area (Å²) in [5.41, 5.74) is 0.592. The van der Waals surface area contributed by atoms with Gasteiger partial charge in [-0.25, -0.2) is 13.8 Å². The zero-order valence-electron chi connectivity index (χ0n) is 13.9. The second kappa shape index (κ2) is 9.20. The van der Waals surface area contributed by atoms with E-state index in [-0.39, 0.29) is 24.7 Å². The van der Waals surface area contributed by atoms with Crippen molar-refractivity contribution in [3.8, 4) is 11.3 Å². The van der Waals surface area contributed by atoms with Crippen molar-refractivity contribution in [3.63, 3.8) is 0 Å². The Labute approximate surface area is 155 Å². The number of thiazole rings is 1. The molecule has 0 aliphatic rings. The predicted octanol–water partition coefficient (Wildman–Crippen LogP) is 3.27. The van der Waals surface area contributed by atoms with Crippen LogP contribution in [0, 0.1) is 11.6 Å². The number of nitrogens with zero attached hydrogens (tertiary/aromatic N) is 2. The molecular weight excluding hydrogens is 393 g/mol. The van der Waals surface area contributed by atoms with Gasteiger partial charge < -0.3 is 10.4 Å². The molecule has 148 valence electrons.